The van der Waals surface area contributed by atoms with E-state index in [1.165, 1.54) is 0 Å². The highest BCUT2D eigenvalue weighted by molar-refractivity contribution is 7.98. The first-order valence-corrected chi connectivity index (χ1v) is 7.74. The Bertz CT molecular complexity index is 300. The topological polar surface area (TPSA) is 64.6 Å². The number of hydrogen-bond donors (Lipinski definition) is 1. The molecule has 6 heteroatoms. The first-order chi connectivity index (χ1) is 8.65. The fourth-order valence-corrected chi connectivity index (χ4v) is 1.72. The lowest BCUT2D eigenvalue weighted by molar-refractivity contribution is -0.150. The molecule has 0 radical (unpaired) electrons. The summed E-state index contributed by atoms with van der Waals surface area (Å²) in [6, 6.07) is -0.662. The number of amides is 1. The molecule has 0 saturated carbocycles. The van der Waals surface area contributed by atoms with Gasteiger partial charge < -0.3 is 14.8 Å². The van der Waals surface area contributed by atoms with Crippen LogP contribution in [0.1, 0.15) is 41.0 Å². The van der Waals surface area contributed by atoms with Crippen LogP contribution in [-0.4, -0.2) is 41.8 Å². The number of carbonyl (C=O) groups excluding carboxylic acids is 2. The van der Waals surface area contributed by atoms with Gasteiger partial charge in [-0.05, 0) is 53.0 Å². The van der Waals surface area contributed by atoms with Crippen LogP contribution in [0.3, 0.4) is 0 Å². The standard InChI is InChI=1S/C13H25NO4S/c1-9(2)17-11(15)10(7-8-19-6)14-12(16)18-13(3,4)5/h9-10H,7-8H2,1-6H3,(H,14,16). The van der Waals surface area contributed by atoms with E-state index in [0.29, 0.717) is 6.42 Å². The molecule has 5 nitrogen and oxygen atoms in total. The maximum Gasteiger partial charge on any atom is 0.408 e. The second-order valence-corrected chi connectivity index (χ2v) is 6.45. The summed E-state index contributed by atoms with van der Waals surface area (Å²) < 4.78 is 10.3. The van der Waals surface area contributed by atoms with Gasteiger partial charge >= 0.3 is 12.1 Å². The molecule has 0 aliphatic heterocycles. The lowest BCUT2D eigenvalue weighted by Gasteiger charge is -2.23. The van der Waals surface area contributed by atoms with Crippen LogP contribution in [0, 0.1) is 0 Å². The molecule has 19 heavy (non-hydrogen) atoms. The van der Waals surface area contributed by atoms with Gasteiger partial charge in [0.2, 0.25) is 0 Å². The summed E-state index contributed by atoms with van der Waals surface area (Å²) in [6.07, 6.45) is 1.66. The normalized spacial score (nSPS) is 13.0. The molecule has 1 atom stereocenters. The minimum Gasteiger partial charge on any atom is -0.461 e. The van der Waals surface area contributed by atoms with Crippen molar-refractivity contribution in [3.05, 3.63) is 0 Å². The summed E-state index contributed by atoms with van der Waals surface area (Å²) in [5.41, 5.74) is -0.587. The molecule has 1 N–H and O–H groups in total. The minimum atomic E-state index is -0.662. The Kier molecular flexibility index (Phi) is 7.90. The first-order valence-electron chi connectivity index (χ1n) is 6.34. The zero-order valence-corrected chi connectivity index (χ0v) is 13.4. The van der Waals surface area contributed by atoms with E-state index in [-0.39, 0.29) is 6.10 Å². The van der Waals surface area contributed by atoms with Gasteiger partial charge in [0.1, 0.15) is 11.6 Å². The number of alkyl carbamates (subject to hydrolysis) is 1. The van der Waals surface area contributed by atoms with Gasteiger partial charge in [-0.2, -0.15) is 11.8 Å². The molecule has 0 bridgehead atoms. The van der Waals surface area contributed by atoms with Crippen molar-refractivity contribution in [3.8, 4) is 0 Å². The van der Waals surface area contributed by atoms with E-state index >= 15 is 0 Å². The first kappa shape index (κ1) is 18.1. The van der Waals surface area contributed by atoms with E-state index in [1.807, 2.05) is 6.26 Å². The number of thioether (sulfide) groups is 1. The van der Waals surface area contributed by atoms with Gasteiger partial charge in [0, 0.05) is 0 Å². The van der Waals surface area contributed by atoms with Gasteiger partial charge in [-0.15, -0.1) is 0 Å². The highest BCUT2D eigenvalue weighted by Gasteiger charge is 2.25. The molecule has 0 aromatic carbocycles. The largest absolute Gasteiger partial charge is 0.461 e. The molecule has 0 heterocycles. The highest BCUT2D eigenvalue weighted by atomic mass is 32.2. The van der Waals surface area contributed by atoms with Crippen LogP contribution in [0.15, 0.2) is 0 Å². The Morgan fingerprint density at radius 1 is 1.26 bits per heavy atom. The third-order valence-corrected chi connectivity index (χ3v) is 2.58. The predicted octanol–water partition coefficient (Wildman–Crippen LogP) is 2.58. The van der Waals surface area contributed by atoms with Crippen molar-refractivity contribution in [2.75, 3.05) is 12.0 Å². The van der Waals surface area contributed by atoms with E-state index in [0.717, 1.165) is 5.75 Å². The lowest BCUT2D eigenvalue weighted by Crippen LogP contribution is -2.45. The number of nitrogens with one attached hydrogen (secondary N) is 1. The van der Waals surface area contributed by atoms with Crippen LogP contribution < -0.4 is 5.32 Å². The zero-order valence-electron chi connectivity index (χ0n) is 12.6. The highest BCUT2D eigenvalue weighted by Crippen LogP contribution is 2.09. The van der Waals surface area contributed by atoms with E-state index in [9.17, 15) is 9.59 Å². The van der Waals surface area contributed by atoms with Gasteiger partial charge in [-0.25, -0.2) is 9.59 Å². The molecule has 0 fully saturated rings. The molecular weight excluding hydrogens is 266 g/mol. The summed E-state index contributed by atoms with van der Waals surface area (Å²) in [4.78, 5) is 23.5. The van der Waals surface area contributed by atoms with Crippen LogP contribution in [0.25, 0.3) is 0 Å². The second kappa shape index (κ2) is 8.30. The van der Waals surface area contributed by atoms with Crippen molar-refractivity contribution in [3.63, 3.8) is 0 Å². The van der Waals surface area contributed by atoms with Crippen molar-refractivity contribution in [2.24, 2.45) is 0 Å². The zero-order chi connectivity index (χ0) is 15.1. The minimum absolute atomic E-state index is 0.204. The molecular formula is C13H25NO4S. The second-order valence-electron chi connectivity index (χ2n) is 5.47. The van der Waals surface area contributed by atoms with E-state index in [1.54, 1.807) is 46.4 Å². The van der Waals surface area contributed by atoms with Crippen LogP contribution in [-0.2, 0) is 14.3 Å². The molecule has 112 valence electrons. The van der Waals surface area contributed by atoms with Gasteiger partial charge in [-0.3, -0.25) is 0 Å². The third kappa shape index (κ3) is 9.64. The van der Waals surface area contributed by atoms with Crippen LogP contribution in [0.4, 0.5) is 4.79 Å². The van der Waals surface area contributed by atoms with Crippen molar-refractivity contribution in [1.29, 1.82) is 0 Å². The molecule has 0 aromatic rings. The van der Waals surface area contributed by atoms with Gasteiger partial charge in [0.25, 0.3) is 0 Å². The fourth-order valence-electron chi connectivity index (χ4n) is 1.25. The molecule has 0 rings (SSSR count). The van der Waals surface area contributed by atoms with Gasteiger partial charge in [-0.1, -0.05) is 0 Å². The Balaban J connectivity index is 4.49. The van der Waals surface area contributed by atoms with Gasteiger partial charge in [0.15, 0.2) is 0 Å². The summed E-state index contributed by atoms with van der Waals surface area (Å²) >= 11 is 1.61. The average Bonchev–Trinajstić information content (AvgIpc) is 2.20. The van der Waals surface area contributed by atoms with E-state index < -0.39 is 23.7 Å². The molecule has 0 saturated heterocycles. The number of ether oxygens (including phenoxy) is 2. The van der Waals surface area contributed by atoms with Crippen LogP contribution in [0.5, 0.6) is 0 Å². The lowest BCUT2D eigenvalue weighted by atomic mass is 10.2. The Hall–Kier alpha value is -0.910. The maximum atomic E-state index is 11.9. The number of hydrogen-bond acceptors (Lipinski definition) is 5. The van der Waals surface area contributed by atoms with Crippen molar-refractivity contribution < 1.29 is 19.1 Å². The number of rotatable bonds is 6. The third-order valence-electron chi connectivity index (χ3n) is 1.94. The number of carbonyl (C=O) groups is 2. The molecule has 0 aliphatic rings. The maximum absolute atomic E-state index is 11.9. The van der Waals surface area contributed by atoms with Crippen LogP contribution >= 0.6 is 11.8 Å². The quantitative estimate of drug-likeness (QED) is 0.762. The summed E-state index contributed by atoms with van der Waals surface area (Å²) in [6.45, 7) is 8.87. The molecule has 0 spiro atoms. The molecule has 1 amide bonds. The SMILES string of the molecule is CSCCC(NC(=O)OC(C)(C)C)C(=O)OC(C)C. The Morgan fingerprint density at radius 2 is 1.84 bits per heavy atom. The average molecular weight is 291 g/mol. The molecule has 0 aliphatic carbocycles. The molecule has 1 unspecified atom stereocenters. The van der Waals surface area contributed by atoms with Crippen molar-refractivity contribution in [1.82, 2.24) is 5.32 Å². The summed E-state index contributed by atoms with van der Waals surface area (Å²) in [5, 5.41) is 2.56. The van der Waals surface area contributed by atoms with E-state index in [4.69, 9.17) is 9.47 Å². The summed E-state index contributed by atoms with van der Waals surface area (Å²) in [7, 11) is 0. The summed E-state index contributed by atoms with van der Waals surface area (Å²) in [5.74, 6) is 0.336. The smallest absolute Gasteiger partial charge is 0.408 e. The van der Waals surface area contributed by atoms with Crippen LogP contribution in [0.2, 0.25) is 0 Å². The van der Waals surface area contributed by atoms with Crippen molar-refractivity contribution >= 4 is 23.8 Å². The van der Waals surface area contributed by atoms with E-state index in [2.05, 4.69) is 5.32 Å². The monoisotopic (exact) mass is 291 g/mol. The Morgan fingerprint density at radius 3 is 2.26 bits per heavy atom. The number of esters is 1. The molecule has 0 aromatic heterocycles. The Labute approximate surface area is 119 Å². The van der Waals surface area contributed by atoms with Gasteiger partial charge in [0.05, 0.1) is 6.10 Å². The predicted molar refractivity (Wildman–Crippen MR) is 77.4 cm³/mol. The fraction of sp³-hybridized carbons (Fsp3) is 0.846. The van der Waals surface area contributed by atoms with Crippen molar-refractivity contribution in [2.45, 2.75) is 58.8 Å².